The number of rotatable bonds is 6. The monoisotopic (exact) mass is 378 g/mol. The van der Waals surface area contributed by atoms with Crippen molar-refractivity contribution in [3.63, 3.8) is 0 Å². The Bertz CT molecular complexity index is 974. The highest BCUT2D eigenvalue weighted by atomic mass is 19.1. The Balaban J connectivity index is 2.24. The molecule has 2 aromatic carbocycles. The van der Waals surface area contributed by atoms with Gasteiger partial charge in [-0.25, -0.2) is 14.2 Å². The largest absolute Gasteiger partial charge is 0.463 e. The summed E-state index contributed by atoms with van der Waals surface area (Å²) in [7, 11) is 0. The standard InChI is InChI=1S/C23H23FN2O2/c1-4-28-21(27)15-14-20-22(16(2)3)25-23(17-8-6-5-7-9-17)26(20)19-12-10-18(24)11-13-19/h5-16H,4H2,1-3H3. The highest BCUT2D eigenvalue weighted by Gasteiger charge is 2.20. The lowest BCUT2D eigenvalue weighted by Crippen LogP contribution is -2.03. The maximum absolute atomic E-state index is 13.5. The normalized spacial score (nSPS) is 11.3. The molecule has 0 aliphatic rings. The molecule has 0 N–H and O–H groups in total. The minimum atomic E-state index is -0.412. The molecule has 4 nitrogen and oxygen atoms in total. The Morgan fingerprint density at radius 3 is 2.43 bits per heavy atom. The quantitative estimate of drug-likeness (QED) is 0.427. The molecule has 5 heteroatoms. The third-order valence-electron chi connectivity index (χ3n) is 4.27. The average molecular weight is 378 g/mol. The van der Waals surface area contributed by atoms with Crippen LogP contribution in [-0.4, -0.2) is 22.1 Å². The summed E-state index contributed by atoms with van der Waals surface area (Å²) in [5, 5.41) is 0. The fourth-order valence-electron chi connectivity index (χ4n) is 3.00. The molecule has 0 fully saturated rings. The molecule has 3 rings (SSSR count). The first-order chi connectivity index (χ1) is 13.5. The summed E-state index contributed by atoms with van der Waals surface area (Å²) in [4.78, 5) is 16.7. The van der Waals surface area contributed by atoms with E-state index >= 15 is 0 Å². The van der Waals surface area contributed by atoms with Crippen LogP contribution in [0.5, 0.6) is 0 Å². The minimum Gasteiger partial charge on any atom is -0.463 e. The van der Waals surface area contributed by atoms with Crippen molar-refractivity contribution in [2.45, 2.75) is 26.7 Å². The molecule has 0 amide bonds. The number of hydrogen-bond donors (Lipinski definition) is 0. The number of carbonyl (C=O) groups excluding carboxylic acids is 1. The van der Waals surface area contributed by atoms with Crippen molar-refractivity contribution in [2.75, 3.05) is 6.61 Å². The zero-order valence-corrected chi connectivity index (χ0v) is 16.2. The smallest absolute Gasteiger partial charge is 0.330 e. The molecule has 0 aliphatic heterocycles. The first-order valence-electron chi connectivity index (χ1n) is 9.30. The van der Waals surface area contributed by atoms with Crippen molar-refractivity contribution in [3.8, 4) is 17.1 Å². The van der Waals surface area contributed by atoms with E-state index in [1.54, 1.807) is 25.1 Å². The van der Waals surface area contributed by atoms with Gasteiger partial charge in [0.2, 0.25) is 0 Å². The number of halogens is 1. The maximum Gasteiger partial charge on any atom is 0.330 e. The van der Waals surface area contributed by atoms with Crippen LogP contribution in [0.2, 0.25) is 0 Å². The van der Waals surface area contributed by atoms with Crippen molar-refractivity contribution < 1.29 is 13.9 Å². The Labute approximate surface area is 164 Å². The van der Waals surface area contributed by atoms with Crippen molar-refractivity contribution in [2.24, 2.45) is 0 Å². The zero-order chi connectivity index (χ0) is 20.1. The number of imidazole rings is 1. The van der Waals surface area contributed by atoms with E-state index in [4.69, 9.17) is 9.72 Å². The van der Waals surface area contributed by atoms with Crippen LogP contribution in [-0.2, 0) is 9.53 Å². The van der Waals surface area contributed by atoms with Crippen LogP contribution in [0.1, 0.15) is 38.1 Å². The van der Waals surface area contributed by atoms with Crippen LogP contribution < -0.4 is 0 Å². The van der Waals surface area contributed by atoms with Gasteiger partial charge in [-0.2, -0.15) is 0 Å². The molecule has 0 aliphatic carbocycles. The number of nitrogens with zero attached hydrogens (tertiary/aromatic N) is 2. The maximum atomic E-state index is 13.5. The van der Waals surface area contributed by atoms with E-state index in [1.165, 1.54) is 18.2 Å². The van der Waals surface area contributed by atoms with Crippen LogP contribution in [0, 0.1) is 5.82 Å². The van der Waals surface area contributed by atoms with Gasteiger partial charge in [-0.05, 0) is 43.2 Å². The fraction of sp³-hybridized carbons (Fsp3) is 0.217. The van der Waals surface area contributed by atoms with E-state index in [0.29, 0.717) is 6.61 Å². The molecule has 0 unspecified atom stereocenters. The zero-order valence-electron chi connectivity index (χ0n) is 16.2. The van der Waals surface area contributed by atoms with Gasteiger partial charge in [0.1, 0.15) is 11.6 Å². The van der Waals surface area contributed by atoms with Gasteiger partial charge in [-0.15, -0.1) is 0 Å². The molecule has 0 spiro atoms. The lowest BCUT2D eigenvalue weighted by molar-refractivity contribution is -0.137. The van der Waals surface area contributed by atoms with Gasteiger partial charge in [-0.3, -0.25) is 4.57 Å². The van der Waals surface area contributed by atoms with E-state index in [-0.39, 0.29) is 11.7 Å². The Morgan fingerprint density at radius 1 is 1.14 bits per heavy atom. The summed E-state index contributed by atoms with van der Waals surface area (Å²) in [6.45, 7) is 6.18. The summed E-state index contributed by atoms with van der Waals surface area (Å²) >= 11 is 0. The Kier molecular flexibility index (Phi) is 6.04. The second kappa shape index (κ2) is 8.65. The fourth-order valence-corrected chi connectivity index (χ4v) is 3.00. The first-order valence-corrected chi connectivity index (χ1v) is 9.30. The summed E-state index contributed by atoms with van der Waals surface area (Å²) < 4.78 is 20.5. The molecule has 0 saturated carbocycles. The molecular formula is C23H23FN2O2. The topological polar surface area (TPSA) is 44.1 Å². The van der Waals surface area contributed by atoms with Crippen molar-refractivity contribution in [3.05, 3.63) is 77.9 Å². The predicted molar refractivity (Wildman–Crippen MR) is 109 cm³/mol. The third kappa shape index (κ3) is 4.19. The second-order valence-electron chi connectivity index (χ2n) is 6.62. The molecule has 1 heterocycles. The number of aromatic nitrogens is 2. The molecule has 144 valence electrons. The van der Waals surface area contributed by atoms with Crippen LogP contribution in [0.3, 0.4) is 0 Å². The number of hydrogen-bond acceptors (Lipinski definition) is 3. The molecule has 0 saturated heterocycles. The highest BCUT2D eigenvalue weighted by molar-refractivity contribution is 5.87. The summed E-state index contributed by atoms with van der Waals surface area (Å²) in [6.07, 6.45) is 3.12. The van der Waals surface area contributed by atoms with Gasteiger partial charge >= 0.3 is 5.97 Å². The molecule has 3 aromatic rings. The Morgan fingerprint density at radius 2 is 1.82 bits per heavy atom. The van der Waals surface area contributed by atoms with Crippen LogP contribution in [0.15, 0.2) is 60.7 Å². The average Bonchev–Trinajstić information content (AvgIpc) is 3.08. The molecule has 0 radical (unpaired) electrons. The predicted octanol–water partition coefficient (Wildman–Crippen LogP) is 5.38. The Hall–Kier alpha value is -3.21. The van der Waals surface area contributed by atoms with Crippen molar-refractivity contribution in [1.82, 2.24) is 9.55 Å². The van der Waals surface area contributed by atoms with Crippen LogP contribution >= 0.6 is 0 Å². The lowest BCUT2D eigenvalue weighted by Gasteiger charge is -2.11. The number of carbonyl (C=O) groups is 1. The van der Waals surface area contributed by atoms with E-state index in [9.17, 15) is 9.18 Å². The highest BCUT2D eigenvalue weighted by Crippen LogP contribution is 2.31. The van der Waals surface area contributed by atoms with Gasteiger partial charge in [0.05, 0.1) is 18.0 Å². The number of esters is 1. The van der Waals surface area contributed by atoms with E-state index in [0.717, 1.165) is 28.5 Å². The summed E-state index contributed by atoms with van der Waals surface area (Å²) in [6, 6.07) is 16.0. The number of benzene rings is 2. The van der Waals surface area contributed by atoms with Gasteiger partial charge in [-0.1, -0.05) is 44.2 Å². The lowest BCUT2D eigenvalue weighted by atomic mass is 10.1. The summed E-state index contributed by atoms with van der Waals surface area (Å²) in [5.41, 5.74) is 3.32. The molecule has 28 heavy (non-hydrogen) atoms. The second-order valence-corrected chi connectivity index (χ2v) is 6.62. The minimum absolute atomic E-state index is 0.131. The van der Waals surface area contributed by atoms with Gasteiger partial charge in [0.15, 0.2) is 0 Å². The molecule has 0 atom stereocenters. The van der Waals surface area contributed by atoms with Gasteiger partial charge in [0.25, 0.3) is 0 Å². The number of ether oxygens (including phenoxy) is 1. The molecule has 0 bridgehead atoms. The van der Waals surface area contributed by atoms with Crippen LogP contribution in [0.25, 0.3) is 23.2 Å². The third-order valence-corrected chi connectivity index (χ3v) is 4.27. The SMILES string of the molecule is CCOC(=O)C=Cc1c(C(C)C)nc(-c2ccccc2)n1-c1ccc(F)cc1. The molecule has 1 aromatic heterocycles. The first kappa shape index (κ1) is 19.5. The van der Waals surface area contributed by atoms with Gasteiger partial charge < -0.3 is 4.74 Å². The molecular weight excluding hydrogens is 355 g/mol. The van der Waals surface area contributed by atoms with E-state index in [1.807, 2.05) is 48.7 Å². The van der Waals surface area contributed by atoms with Crippen molar-refractivity contribution >= 4 is 12.0 Å². The van der Waals surface area contributed by atoms with E-state index < -0.39 is 5.97 Å². The van der Waals surface area contributed by atoms with Crippen molar-refractivity contribution in [1.29, 1.82) is 0 Å². The summed E-state index contributed by atoms with van der Waals surface area (Å²) in [5.74, 6) is 0.147. The van der Waals surface area contributed by atoms with E-state index in [2.05, 4.69) is 0 Å². The van der Waals surface area contributed by atoms with Crippen LogP contribution in [0.4, 0.5) is 4.39 Å². The van der Waals surface area contributed by atoms with Gasteiger partial charge in [0, 0.05) is 17.3 Å².